The lowest BCUT2D eigenvalue weighted by Crippen LogP contribution is -2.57. The van der Waals surface area contributed by atoms with Gasteiger partial charge in [-0.3, -0.25) is 4.79 Å². The van der Waals surface area contributed by atoms with Gasteiger partial charge in [0.15, 0.2) is 0 Å². The maximum absolute atomic E-state index is 13.5. The van der Waals surface area contributed by atoms with Gasteiger partial charge in [-0.15, -0.1) is 0 Å². The number of fused-ring (bicyclic) bond motifs is 4. The molecule has 1 saturated carbocycles. The highest BCUT2D eigenvalue weighted by atomic mass is 16.5. The number of esters is 1. The zero-order valence-corrected chi connectivity index (χ0v) is 14.9. The van der Waals surface area contributed by atoms with Crippen LogP contribution in [-0.4, -0.2) is 42.6 Å². The molecule has 4 atom stereocenters. The van der Waals surface area contributed by atoms with E-state index in [4.69, 9.17) is 9.47 Å². The molecular weight excluding hydrogens is 318 g/mol. The zero-order valence-electron chi connectivity index (χ0n) is 14.9. The second kappa shape index (κ2) is 6.04. The van der Waals surface area contributed by atoms with Crippen LogP contribution in [0, 0.1) is 5.92 Å². The van der Waals surface area contributed by atoms with Crippen molar-refractivity contribution in [2.24, 2.45) is 5.92 Å². The Morgan fingerprint density at radius 1 is 1.24 bits per heavy atom. The molecular formula is C20H25NO4. The van der Waals surface area contributed by atoms with E-state index >= 15 is 0 Å². The average molecular weight is 343 g/mol. The fourth-order valence-electron chi connectivity index (χ4n) is 5.21. The average Bonchev–Trinajstić information content (AvgIpc) is 3.25. The van der Waals surface area contributed by atoms with Crippen LogP contribution in [-0.2, 0) is 19.7 Å². The number of rotatable bonds is 4. The summed E-state index contributed by atoms with van der Waals surface area (Å²) in [6.45, 7) is 2.17. The molecule has 4 rings (SSSR count). The summed E-state index contributed by atoms with van der Waals surface area (Å²) in [7, 11) is 1.64. The van der Waals surface area contributed by atoms with E-state index in [-0.39, 0.29) is 17.9 Å². The number of amides is 1. The number of nitrogens with zero attached hydrogens (tertiary/aromatic N) is 1. The van der Waals surface area contributed by atoms with Crippen LogP contribution in [0.2, 0.25) is 0 Å². The number of carbonyl (C=O) groups is 2. The molecule has 2 bridgehead atoms. The van der Waals surface area contributed by atoms with Gasteiger partial charge in [0.1, 0.15) is 11.8 Å². The van der Waals surface area contributed by atoms with Gasteiger partial charge in [-0.2, -0.15) is 0 Å². The number of methoxy groups -OCH3 is 1. The summed E-state index contributed by atoms with van der Waals surface area (Å²) in [6, 6.07) is 7.66. The summed E-state index contributed by atoms with van der Waals surface area (Å²) in [5.74, 6) is 1.15. The van der Waals surface area contributed by atoms with Crippen LogP contribution in [0.1, 0.15) is 44.6 Å². The standard InChI is InChI=1S/C20H25NO4/c1-3-25-18(22)17-9-8-16-13-10-11-20(12-13,19(23)21(16)17)14-4-6-15(24-2)7-5-14/h4-7,13,16-17H,3,8-12H2,1-2H3/t13?,16-,17+,20?/m0/s1. The Labute approximate surface area is 148 Å². The lowest BCUT2D eigenvalue weighted by molar-refractivity contribution is -0.158. The van der Waals surface area contributed by atoms with Gasteiger partial charge in [0.2, 0.25) is 5.91 Å². The third-order valence-corrected chi connectivity index (χ3v) is 6.37. The Morgan fingerprint density at radius 3 is 2.68 bits per heavy atom. The largest absolute Gasteiger partial charge is 0.497 e. The van der Waals surface area contributed by atoms with Crippen molar-refractivity contribution in [3.05, 3.63) is 29.8 Å². The van der Waals surface area contributed by atoms with Crippen LogP contribution < -0.4 is 4.74 Å². The monoisotopic (exact) mass is 343 g/mol. The summed E-state index contributed by atoms with van der Waals surface area (Å²) in [4.78, 5) is 27.8. The molecule has 5 heteroatoms. The van der Waals surface area contributed by atoms with Crippen molar-refractivity contribution >= 4 is 11.9 Å². The van der Waals surface area contributed by atoms with Gasteiger partial charge in [-0.25, -0.2) is 4.79 Å². The summed E-state index contributed by atoms with van der Waals surface area (Å²) in [6.07, 6.45) is 4.46. The van der Waals surface area contributed by atoms with Crippen molar-refractivity contribution < 1.29 is 19.1 Å². The summed E-state index contributed by atoms with van der Waals surface area (Å²) >= 11 is 0. The fourth-order valence-corrected chi connectivity index (χ4v) is 5.21. The predicted octanol–water partition coefficient (Wildman–Crippen LogP) is 2.67. The number of carbonyl (C=O) groups excluding carboxylic acids is 2. The first kappa shape index (κ1) is 16.4. The van der Waals surface area contributed by atoms with E-state index in [2.05, 4.69) is 0 Å². The minimum absolute atomic E-state index is 0.118. The maximum atomic E-state index is 13.5. The molecule has 25 heavy (non-hydrogen) atoms. The number of hydrogen-bond donors (Lipinski definition) is 0. The Bertz CT molecular complexity index is 685. The number of ether oxygens (including phenoxy) is 2. The summed E-state index contributed by atoms with van der Waals surface area (Å²) in [5, 5.41) is 0. The van der Waals surface area contributed by atoms with Crippen molar-refractivity contribution in [1.82, 2.24) is 4.90 Å². The molecule has 0 spiro atoms. The lowest BCUT2D eigenvalue weighted by atomic mass is 9.73. The first-order valence-electron chi connectivity index (χ1n) is 9.24. The van der Waals surface area contributed by atoms with E-state index in [0.717, 1.165) is 43.4 Å². The predicted molar refractivity (Wildman–Crippen MR) is 92.3 cm³/mol. The first-order valence-corrected chi connectivity index (χ1v) is 9.24. The maximum Gasteiger partial charge on any atom is 0.328 e. The van der Waals surface area contributed by atoms with Gasteiger partial charge in [-0.05, 0) is 62.6 Å². The van der Waals surface area contributed by atoms with Gasteiger partial charge >= 0.3 is 5.97 Å². The molecule has 1 aromatic carbocycles. The Hall–Kier alpha value is -2.04. The quantitative estimate of drug-likeness (QED) is 0.789. The minimum Gasteiger partial charge on any atom is -0.497 e. The third-order valence-electron chi connectivity index (χ3n) is 6.37. The van der Waals surface area contributed by atoms with E-state index in [1.54, 1.807) is 7.11 Å². The molecule has 5 nitrogen and oxygen atoms in total. The van der Waals surface area contributed by atoms with Crippen molar-refractivity contribution in [2.75, 3.05) is 13.7 Å². The first-order chi connectivity index (χ1) is 12.1. The van der Waals surface area contributed by atoms with Crippen LogP contribution in [0.5, 0.6) is 5.75 Å². The molecule has 2 aliphatic heterocycles. The van der Waals surface area contributed by atoms with E-state index in [1.165, 1.54) is 0 Å². The molecule has 0 radical (unpaired) electrons. The topological polar surface area (TPSA) is 55.8 Å². The Balaban J connectivity index is 1.68. The van der Waals surface area contributed by atoms with Crippen LogP contribution in [0.25, 0.3) is 0 Å². The molecule has 1 amide bonds. The second-order valence-electron chi connectivity index (χ2n) is 7.44. The van der Waals surface area contributed by atoms with E-state index in [9.17, 15) is 9.59 Å². The van der Waals surface area contributed by atoms with Crippen LogP contribution >= 0.6 is 0 Å². The third kappa shape index (κ3) is 2.35. The second-order valence-corrected chi connectivity index (χ2v) is 7.44. The van der Waals surface area contributed by atoms with Gasteiger partial charge in [0.05, 0.1) is 19.1 Å². The van der Waals surface area contributed by atoms with E-state index in [0.29, 0.717) is 12.5 Å². The lowest BCUT2D eigenvalue weighted by Gasteiger charge is -2.43. The fraction of sp³-hybridized carbons (Fsp3) is 0.600. The molecule has 1 aromatic rings. The van der Waals surface area contributed by atoms with E-state index < -0.39 is 11.5 Å². The SMILES string of the molecule is CCOC(=O)[C@H]1CC[C@H]2C3CCC(c4ccc(OC)cc4)(C3)C(=O)N12. The van der Waals surface area contributed by atoms with Gasteiger partial charge in [0.25, 0.3) is 0 Å². The molecule has 2 heterocycles. The van der Waals surface area contributed by atoms with Crippen molar-refractivity contribution in [2.45, 2.75) is 56.5 Å². The highest BCUT2D eigenvalue weighted by Gasteiger charge is 2.60. The summed E-state index contributed by atoms with van der Waals surface area (Å²) in [5.41, 5.74) is 0.566. The number of hydrogen-bond acceptors (Lipinski definition) is 4. The Morgan fingerprint density at radius 2 is 2.00 bits per heavy atom. The normalized spacial score (nSPS) is 33.3. The van der Waals surface area contributed by atoms with E-state index in [1.807, 2.05) is 36.1 Å². The van der Waals surface area contributed by atoms with Crippen molar-refractivity contribution in [3.63, 3.8) is 0 Å². The van der Waals surface area contributed by atoms with Crippen LogP contribution in [0.4, 0.5) is 0 Å². The zero-order chi connectivity index (χ0) is 17.6. The van der Waals surface area contributed by atoms with Gasteiger partial charge < -0.3 is 14.4 Å². The van der Waals surface area contributed by atoms with Crippen molar-refractivity contribution in [1.29, 1.82) is 0 Å². The number of piperidine rings is 1. The smallest absolute Gasteiger partial charge is 0.328 e. The molecule has 134 valence electrons. The van der Waals surface area contributed by atoms with Crippen molar-refractivity contribution in [3.8, 4) is 5.75 Å². The molecule has 3 fully saturated rings. The molecule has 3 aliphatic rings. The molecule has 2 unspecified atom stereocenters. The Kier molecular flexibility index (Phi) is 3.97. The van der Waals surface area contributed by atoms with Crippen LogP contribution in [0.15, 0.2) is 24.3 Å². The number of benzene rings is 1. The summed E-state index contributed by atoms with van der Waals surface area (Å²) < 4.78 is 10.5. The highest BCUT2D eigenvalue weighted by Crippen LogP contribution is 2.54. The molecule has 0 N–H and O–H groups in total. The molecule has 1 aliphatic carbocycles. The highest BCUT2D eigenvalue weighted by molar-refractivity contribution is 5.94. The van der Waals surface area contributed by atoms with Gasteiger partial charge in [-0.1, -0.05) is 12.1 Å². The van der Waals surface area contributed by atoms with Gasteiger partial charge in [0, 0.05) is 6.04 Å². The minimum atomic E-state index is -0.484. The van der Waals surface area contributed by atoms with Crippen LogP contribution in [0.3, 0.4) is 0 Å². The molecule has 2 saturated heterocycles. The molecule has 0 aromatic heterocycles.